The van der Waals surface area contributed by atoms with Crippen LogP contribution in [0, 0.1) is 18.3 Å². The van der Waals surface area contributed by atoms with Crippen molar-refractivity contribution in [3.05, 3.63) is 59.3 Å². The van der Waals surface area contributed by atoms with E-state index in [2.05, 4.69) is 36.4 Å². The Morgan fingerprint density at radius 2 is 2.04 bits per heavy atom. The van der Waals surface area contributed by atoms with Gasteiger partial charge in [0.1, 0.15) is 17.7 Å². The quantitative estimate of drug-likeness (QED) is 0.557. The van der Waals surface area contributed by atoms with Crippen LogP contribution in [0.5, 0.6) is 0 Å². The normalized spacial score (nSPS) is 15.9. The number of aromatic amines is 1. The summed E-state index contributed by atoms with van der Waals surface area (Å²) in [6.07, 6.45) is 3.28. The highest BCUT2D eigenvalue weighted by atomic mass is 16.1. The summed E-state index contributed by atoms with van der Waals surface area (Å²) in [5.74, 6) is 0.868. The first-order valence-corrected chi connectivity index (χ1v) is 8.69. The zero-order valence-electron chi connectivity index (χ0n) is 14.8. The van der Waals surface area contributed by atoms with Gasteiger partial charge < -0.3 is 10.3 Å². The van der Waals surface area contributed by atoms with Crippen molar-refractivity contribution in [3.8, 4) is 11.9 Å². The molecule has 4 heterocycles. The van der Waals surface area contributed by atoms with Crippen LogP contribution in [0.3, 0.4) is 0 Å². The number of aryl methyl sites for hydroxylation is 1. The molecule has 1 atom stereocenters. The van der Waals surface area contributed by atoms with Crippen LogP contribution in [0.25, 0.3) is 17.0 Å². The van der Waals surface area contributed by atoms with Gasteiger partial charge in [0.05, 0.1) is 23.7 Å². The SMILES string of the molecule is Cc1nn(-c2ncnc3nc[nH]c23)c2c1C(c1ccc(C#N)cc1)CC(=O)N2. The number of benzene rings is 1. The van der Waals surface area contributed by atoms with Gasteiger partial charge in [-0.05, 0) is 24.6 Å². The highest BCUT2D eigenvalue weighted by molar-refractivity contribution is 5.95. The van der Waals surface area contributed by atoms with Crippen molar-refractivity contribution in [2.45, 2.75) is 19.3 Å². The maximum atomic E-state index is 12.5. The molecule has 0 saturated heterocycles. The minimum Gasteiger partial charge on any atom is -0.340 e. The van der Waals surface area contributed by atoms with Crippen LogP contribution in [0.15, 0.2) is 36.9 Å². The number of H-pyrrole nitrogens is 1. The number of aromatic nitrogens is 6. The number of carbonyl (C=O) groups excluding carboxylic acids is 1. The van der Waals surface area contributed by atoms with Crippen LogP contribution in [-0.2, 0) is 4.79 Å². The molecule has 9 nitrogen and oxygen atoms in total. The summed E-state index contributed by atoms with van der Waals surface area (Å²) in [4.78, 5) is 28.1. The van der Waals surface area contributed by atoms with Crippen LogP contribution in [0.4, 0.5) is 5.82 Å². The third kappa shape index (κ3) is 2.35. The highest BCUT2D eigenvalue weighted by Crippen LogP contribution is 2.40. The smallest absolute Gasteiger partial charge is 0.226 e. The summed E-state index contributed by atoms with van der Waals surface area (Å²) in [7, 11) is 0. The van der Waals surface area contributed by atoms with Gasteiger partial charge in [0, 0.05) is 17.9 Å². The fourth-order valence-corrected chi connectivity index (χ4v) is 3.69. The lowest BCUT2D eigenvalue weighted by Gasteiger charge is -2.24. The average Bonchev–Trinajstić information content (AvgIpc) is 3.32. The number of hydrogen-bond donors (Lipinski definition) is 2. The largest absolute Gasteiger partial charge is 0.340 e. The Morgan fingerprint density at radius 3 is 2.82 bits per heavy atom. The zero-order chi connectivity index (χ0) is 19.3. The number of hydrogen-bond acceptors (Lipinski definition) is 6. The molecule has 4 aromatic rings. The van der Waals surface area contributed by atoms with E-state index < -0.39 is 0 Å². The molecule has 0 saturated carbocycles. The number of nitriles is 1. The molecule has 9 heteroatoms. The highest BCUT2D eigenvalue weighted by Gasteiger charge is 2.33. The summed E-state index contributed by atoms with van der Waals surface area (Å²) >= 11 is 0. The summed E-state index contributed by atoms with van der Waals surface area (Å²) in [6, 6.07) is 9.42. The number of nitrogens with zero attached hydrogens (tertiary/aromatic N) is 6. The van der Waals surface area contributed by atoms with Crippen LogP contribution < -0.4 is 5.32 Å². The fraction of sp³-hybridized carbons (Fsp3) is 0.158. The molecule has 28 heavy (non-hydrogen) atoms. The maximum Gasteiger partial charge on any atom is 0.226 e. The first kappa shape index (κ1) is 16.1. The summed E-state index contributed by atoms with van der Waals surface area (Å²) in [5, 5.41) is 16.6. The van der Waals surface area contributed by atoms with Crippen molar-refractivity contribution in [2.75, 3.05) is 5.32 Å². The average molecular weight is 370 g/mol. The molecule has 136 valence electrons. The molecule has 0 bridgehead atoms. The standard InChI is InChI=1S/C19H14N8O/c1-10-15-13(12-4-2-11(7-20)3-5-12)6-14(28)25-18(15)27(26-10)19-16-17(22-8-21-16)23-9-24-19/h2-5,8-9,13H,6H2,1H3,(H,25,28)(H,21,22,23,24). The predicted molar refractivity (Wildman–Crippen MR) is 99.8 cm³/mol. The van der Waals surface area contributed by atoms with Crippen LogP contribution in [0.2, 0.25) is 0 Å². The van der Waals surface area contributed by atoms with Crippen molar-refractivity contribution in [1.29, 1.82) is 5.26 Å². The summed E-state index contributed by atoms with van der Waals surface area (Å²) in [6.45, 7) is 1.91. The Morgan fingerprint density at radius 1 is 1.21 bits per heavy atom. The van der Waals surface area contributed by atoms with E-state index >= 15 is 0 Å². The fourth-order valence-electron chi connectivity index (χ4n) is 3.69. The molecule has 0 fully saturated rings. The first-order valence-electron chi connectivity index (χ1n) is 8.69. The molecule has 0 spiro atoms. The third-order valence-electron chi connectivity index (χ3n) is 4.95. The second-order valence-electron chi connectivity index (χ2n) is 6.60. The molecule has 1 amide bonds. The molecule has 0 radical (unpaired) electrons. The topological polar surface area (TPSA) is 125 Å². The van der Waals surface area contributed by atoms with Crippen molar-refractivity contribution in [3.63, 3.8) is 0 Å². The number of nitrogens with one attached hydrogen (secondary N) is 2. The van der Waals surface area contributed by atoms with Crippen LogP contribution in [0.1, 0.15) is 34.7 Å². The van der Waals surface area contributed by atoms with E-state index in [1.807, 2.05) is 19.1 Å². The van der Waals surface area contributed by atoms with Gasteiger partial charge in [0.15, 0.2) is 11.5 Å². The van der Waals surface area contributed by atoms with Gasteiger partial charge in [0.2, 0.25) is 5.91 Å². The van der Waals surface area contributed by atoms with Crippen molar-refractivity contribution in [1.82, 2.24) is 29.7 Å². The monoisotopic (exact) mass is 370 g/mol. The number of imidazole rings is 1. The van der Waals surface area contributed by atoms with Crippen LogP contribution >= 0.6 is 0 Å². The zero-order valence-corrected chi connectivity index (χ0v) is 14.8. The maximum absolute atomic E-state index is 12.5. The van der Waals surface area contributed by atoms with Crippen molar-refractivity contribution < 1.29 is 4.79 Å². The number of carbonyl (C=O) groups is 1. The second kappa shape index (κ2) is 5.99. The predicted octanol–water partition coefficient (Wildman–Crippen LogP) is 2.19. The second-order valence-corrected chi connectivity index (χ2v) is 6.60. The van der Waals surface area contributed by atoms with E-state index in [-0.39, 0.29) is 11.8 Å². The molecule has 1 unspecified atom stereocenters. The molecule has 0 aliphatic carbocycles. The van der Waals surface area contributed by atoms with E-state index in [1.165, 1.54) is 6.33 Å². The Kier molecular flexibility index (Phi) is 3.45. The van der Waals surface area contributed by atoms with Gasteiger partial charge in [0.25, 0.3) is 0 Å². The van der Waals surface area contributed by atoms with E-state index in [9.17, 15) is 4.79 Å². The molecule has 2 N–H and O–H groups in total. The molecule has 1 aliphatic rings. The van der Waals surface area contributed by atoms with Gasteiger partial charge in [-0.25, -0.2) is 15.0 Å². The van der Waals surface area contributed by atoms with Gasteiger partial charge in [-0.3, -0.25) is 4.79 Å². The van der Waals surface area contributed by atoms with E-state index in [4.69, 9.17) is 5.26 Å². The lowest BCUT2D eigenvalue weighted by molar-refractivity contribution is -0.116. The molecular weight excluding hydrogens is 356 g/mol. The Hall–Kier alpha value is -4.06. The lowest BCUT2D eigenvalue weighted by Crippen LogP contribution is -2.25. The molecule has 1 aliphatic heterocycles. The van der Waals surface area contributed by atoms with Crippen LogP contribution in [-0.4, -0.2) is 35.6 Å². The van der Waals surface area contributed by atoms with Crippen molar-refractivity contribution >= 4 is 22.9 Å². The van der Waals surface area contributed by atoms with Gasteiger partial charge in [-0.1, -0.05) is 12.1 Å². The first-order chi connectivity index (χ1) is 13.7. The Balaban J connectivity index is 1.69. The van der Waals surface area contributed by atoms with Gasteiger partial charge in [-0.15, -0.1) is 0 Å². The van der Waals surface area contributed by atoms with Crippen molar-refractivity contribution in [2.24, 2.45) is 0 Å². The summed E-state index contributed by atoms with van der Waals surface area (Å²) < 4.78 is 1.63. The minimum absolute atomic E-state index is 0.0991. The number of fused-ring (bicyclic) bond motifs is 2. The van der Waals surface area contributed by atoms with Gasteiger partial charge >= 0.3 is 0 Å². The summed E-state index contributed by atoms with van der Waals surface area (Å²) in [5.41, 5.74) is 4.46. The number of rotatable bonds is 2. The van der Waals surface area contributed by atoms with E-state index in [1.54, 1.807) is 23.1 Å². The van der Waals surface area contributed by atoms with E-state index in [0.29, 0.717) is 34.8 Å². The molecule has 3 aromatic heterocycles. The minimum atomic E-state index is -0.149. The Labute approximate surface area is 159 Å². The molecule has 5 rings (SSSR count). The molecular formula is C19H14N8O. The Bertz CT molecular complexity index is 1260. The third-order valence-corrected chi connectivity index (χ3v) is 4.95. The lowest BCUT2D eigenvalue weighted by atomic mass is 9.85. The van der Waals surface area contributed by atoms with Gasteiger partial charge in [-0.2, -0.15) is 15.0 Å². The van der Waals surface area contributed by atoms with E-state index in [0.717, 1.165) is 16.8 Å². The number of amides is 1. The number of anilines is 1. The molecule has 1 aromatic carbocycles.